The van der Waals surface area contributed by atoms with Gasteiger partial charge in [-0.05, 0) is 43.2 Å². The van der Waals surface area contributed by atoms with Crippen LogP contribution in [-0.4, -0.2) is 31.4 Å². The van der Waals surface area contributed by atoms with Crippen LogP contribution in [0.1, 0.15) is 31.0 Å². The summed E-state index contributed by atoms with van der Waals surface area (Å²) >= 11 is 1.28. The van der Waals surface area contributed by atoms with Crippen molar-refractivity contribution in [3.63, 3.8) is 0 Å². The number of hydrogen-bond donors (Lipinski definition) is 0. The Morgan fingerprint density at radius 3 is 2.58 bits per heavy atom. The van der Waals surface area contributed by atoms with Gasteiger partial charge in [0.15, 0.2) is 16.3 Å². The van der Waals surface area contributed by atoms with E-state index in [0.717, 1.165) is 11.1 Å². The van der Waals surface area contributed by atoms with Crippen molar-refractivity contribution in [3.05, 3.63) is 90.6 Å². The minimum absolute atomic E-state index is 0.227. The van der Waals surface area contributed by atoms with Crippen molar-refractivity contribution in [3.8, 4) is 11.5 Å². The fourth-order valence-corrected chi connectivity index (χ4v) is 4.89. The lowest BCUT2D eigenvalue weighted by molar-refractivity contribution is -0.136. The normalized spacial score (nSPS) is 15.6. The Kier molecular flexibility index (Phi) is 6.46. The van der Waals surface area contributed by atoms with E-state index in [1.807, 2.05) is 49.4 Å². The number of benzene rings is 2. The Bertz CT molecular complexity index is 1400. The Morgan fingerprint density at radius 1 is 1.15 bits per heavy atom. The lowest BCUT2D eigenvalue weighted by Gasteiger charge is -2.24. The molecule has 0 fully saturated rings. The van der Waals surface area contributed by atoms with Crippen molar-refractivity contribution in [1.29, 1.82) is 0 Å². The van der Waals surface area contributed by atoms with Gasteiger partial charge in [-0.3, -0.25) is 9.36 Å². The number of methoxy groups -OCH3 is 2. The predicted octanol–water partition coefficient (Wildman–Crippen LogP) is 2.82. The van der Waals surface area contributed by atoms with E-state index in [2.05, 4.69) is 4.99 Å². The topological polar surface area (TPSA) is 79.1 Å². The summed E-state index contributed by atoms with van der Waals surface area (Å²) in [6, 6.07) is 14.3. The van der Waals surface area contributed by atoms with Crippen molar-refractivity contribution in [2.45, 2.75) is 19.9 Å². The zero-order valence-electron chi connectivity index (χ0n) is 18.8. The molecule has 1 atom stereocenters. The highest BCUT2D eigenvalue weighted by Gasteiger charge is 2.32. The van der Waals surface area contributed by atoms with Crippen molar-refractivity contribution in [2.75, 3.05) is 20.8 Å². The maximum atomic E-state index is 13.6. The highest BCUT2D eigenvalue weighted by atomic mass is 32.1. The van der Waals surface area contributed by atoms with Gasteiger partial charge >= 0.3 is 5.97 Å². The first kappa shape index (κ1) is 22.5. The maximum absolute atomic E-state index is 13.6. The Labute approximate surface area is 194 Å². The molecule has 1 aromatic heterocycles. The molecule has 1 unspecified atom stereocenters. The first-order valence-electron chi connectivity index (χ1n) is 10.4. The Balaban J connectivity index is 1.91. The molecule has 170 valence electrons. The second kappa shape index (κ2) is 9.46. The van der Waals surface area contributed by atoms with Gasteiger partial charge in [0.25, 0.3) is 5.56 Å². The molecular weight excluding hydrogens is 440 g/mol. The fraction of sp³-hybridized carbons (Fsp3) is 0.240. The summed E-state index contributed by atoms with van der Waals surface area (Å²) in [7, 11) is 2.91. The van der Waals surface area contributed by atoms with Crippen molar-refractivity contribution < 1.29 is 19.0 Å². The van der Waals surface area contributed by atoms with Gasteiger partial charge in [-0.1, -0.05) is 47.7 Å². The summed E-state index contributed by atoms with van der Waals surface area (Å²) in [6.45, 7) is 4.15. The number of rotatable bonds is 6. The number of esters is 1. The lowest BCUT2D eigenvalue weighted by Crippen LogP contribution is -2.39. The van der Waals surface area contributed by atoms with Crippen molar-refractivity contribution in [2.24, 2.45) is 4.99 Å². The van der Waals surface area contributed by atoms with Gasteiger partial charge in [0, 0.05) is 0 Å². The molecule has 7 nitrogen and oxygen atoms in total. The van der Waals surface area contributed by atoms with Gasteiger partial charge < -0.3 is 14.2 Å². The fourth-order valence-electron chi connectivity index (χ4n) is 3.85. The highest BCUT2D eigenvalue weighted by molar-refractivity contribution is 7.07. The number of fused-ring (bicyclic) bond motifs is 1. The second-order valence-corrected chi connectivity index (χ2v) is 8.34. The number of aromatic nitrogens is 1. The zero-order valence-corrected chi connectivity index (χ0v) is 19.6. The van der Waals surface area contributed by atoms with E-state index in [9.17, 15) is 9.59 Å². The van der Waals surface area contributed by atoms with Gasteiger partial charge in [0.1, 0.15) is 0 Å². The van der Waals surface area contributed by atoms with E-state index >= 15 is 0 Å². The number of hydrogen-bond acceptors (Lipinski definition) is 7. The van der Waals surface area contributed by atoms with Crippen LogP contribution in [0.5, 0.6) is 11.5 Å². The smallest absolute Gasteiger partial charge is 0.338 e. The molecule has 1 aliphatic rings. The summed E-state index contributed by atoms with van der Waals surface area (Å²) in [5.41, 5.74) is 2.26. The summed E-state index contributed by atoms with van der Waals surface area (Å²) in [6.07, 6.45) is 1.80. The number of carbonyl (C=O) groups is 1. The van der Waals surface area contributed by atoms with E-state index in [4.69, 9.17) is 14.2 Å². The van der Waals surface area contributed by atoms with E-state index in [0.29, 0.717) is 38.7 Å². The summed E-state index contributed by atoms with van der Waals surface area (Å²) in [5, 5.41) is 0. The maximum Gasteiger partial charge on any atom is 0.338 e. The van der Waals surface area contributed by atoms with Crippen LogP contribution in [0, 0.1) is 0 Å². The van der Waals surface area contributed by atoms with Crippen molar-refractivity contribution >= 4 is 23.4 Å². The molecule has 4 rings (SSSR count). The van der Waals surface area contributed by atoms with Crippen LogP contribution >= 0.6 is 11.3 Å². The molecule has 2 aromatic carbocycles. The summed E-state index contributed by atoms with van der Waals surface area (Å²) in [4.78, 5) is 31.3. The molecular formula is C25H24N2O5S. The first-order valence-corrected chi connectivity index (χ1v) is 11.3. The average molecular weight is 465 g/mol. The third kappa shape index (κ3) is 4.21. The molecule has 0 N–H and O–H groups in total. The number of ether oxygens (including phenoxy) is 3. The van der Waals surface area contributed by atoms with Gasteiger partial charge in [-0.2, -0.15) is 0 Å². The molecule has 33 heavy (non-hydrogen) atoms. The zero-order chi connectivity index (χ0) is 23.5. The number of allylic oxidation sites excluding steroid dienone is 1. The molecule has 3 aromatic rings. The minimum Gasteiger partial charge on any atom is -0.493 e. The second-order valence-electron chi connectivity index (χ2n) is 7.33. The minimum atomic E-state index is -0.619. The van der Waals surface area contributed by atoms with E-state index in [1.165, 1.54) is 18.4 Å². The average Bonchev–Trinajstić information content (AvgIpc) is 3.13. The molecule has 8 heteroatoms. The van der Waals surface area contributed by atoms with Crippen LogP contribution in [0.2, 0.25) is 0 Å². The summed E-state index contributed by atoms with van der Waals surface area (Å²) < 4.78 is 18.1. The van der Waals surface area contributed by atoms with Gasteiger partial charge in [0.2, 0.25) is 0 Å². The lowest BCUT2D eigenvalue weighted by atomic mass is 9.96. The molecule has 0 amide bonds. The molecule has 0 saturated carbocycles. The third-order valence-corrected chi connectivity index (χ3v) is 6.31. The Hall–Kier alpha value is -3.65. The van der Waals surface area contributed by atoms with Crippen molar-refractivity contribution in [1.82, 2.24) is 4.57 Å². The Morgan fingerprint density at radius 2 is 1.91 bits per heavy atom. The predicted molar refractivity (Wildman–Crippen MR) is 126 cm³/mol. The molecule has 0 spiro atoms. The highest BCUT2D eigenvalue weighted by Crippen LogP contribution is 2.31. The van der Waals surface area contributed by atoms with Gasteiger partial charge in [-0.15, -0.1) is 0 Å². The first-order chi connectivity index (χ1) is 16.0. The molecule has 1 aliphatic heterocycles. The molecule has 0 aliphatic carbocycles. The molecule has 2 heterocycles. The number of nitrogens with zero attached hydrogens (tertiary/aromatic N) is 2. The van der Waals surface area contributed by atoms with Gasteiger partial charge in [-0.25, -0.2) is 9.79 Å². The van der Waals surface area contributed by atoms with Crippen LogP contribution in [0.15, 0.2) is 69.6 Å². The van der Waals surface area contributed by atoms with E-state index in [1.54, 1.807) is 30.7 Å². The summed E-state index contributed by atoms with van der Waals surface area (Å²) in [5.74, 6) is 0.723. The standard InChI is InChI=1S/C25H24N2O5S/c1-5-32-19-13-16(11-12-18(19)30-3)14-20-23(28)27-22(17-9-7-6-8-10-17)21(24(29)31-4)15(2)26-25(27)33-20/h6-14,22H,5H2,1-4H3. The molecule has 0 bridgehead atoms. The number of carbonyl (C=O) groups excluding carboxylic acids is 1. The van der Waals surface area contributed by atoms with Crippen LogP contribution in [-0.2, 0) is 9.53 Å². The van der Waals surface area contributed by atoms with Gasteiger partial charge in [0.05, 0.1) is 42.7 Å². The number of thiazole rings is 1. The van der Waals surface area contributed by atoms with Crippen LogP contribution in [0.3, 0.4) is 0 Å². The van der Waals surface area contributed by atoms with Crippen LogP contribution < -0.4 is 24.4 Å². The molecule has 0 saturated heterocycles. The monoisotopic (exact) mass is 464 g/mol. The quantitative estimate of drug-likeness (QED) is 0.524. The third-order valence-electron chi connectivity index (χ3n) is 5.33. The molecule has 0 radical (unpaired) electrons. The van der Waals surface area contributed by atoms with Crippen LogP contribution in [0.4, 0.5) is 0 Å². The van der Waals surface area contributed by atoms with E-state index in [-0.39, 0.29) is 5.56 Å². The van der Waals surface area contributed by atoms with Crippen LogP contribution in [0.25, 0.3) is 6.08 Å². The SMILES string of the molecule is CCOc1cc(C=c2sc3n(c2=O)C(c2ccccc2)C(C(=O)OC)=C(C)N=3)ccc1OC. The largest absolute Gasteiger partial charge is 0.493 e. The van der Waals surface area contributed by atoms with E-state index < -0.39 is 12.0 Å².